The zero-order valence-electron chi connectivity index (χ0n) is 18.3. The van der Waals surface area contributed by atoms with Crippen LogP contribution in [0.25, 0.3) is 0 Å². The van der Waals surface area contributed by atoms with E-state index in [1.165, 1.54) is 0 Å². The summed E-state index contributed by atoms with van der Waals surface area (Å²) in [5, 5.41) is -0.443. The van der Waals surface area contributed by atoms with Crippen LogP contribution in [0.4, 0.5) is 0 Å². The van der Waals surface area contributed by atoms with E-state index in [9.17, 15) is 13.2 Å². The Morgan fingerprint density at radius 1 is 0.848 bits per heavy atom. The minimum atomic E-state index is -3.40. The van der Waals surface area contributed by atoms with Gasteiger partial charge >= 0.3 is 0 Å². The van der Waals surface area contributed by atoms with Crippen LogP contribution in [-0.4, -0.2) is 36.6 Å². The average Bonchev–Trinajstić information content (AvgIpc) is 3.12. The molecule has 2 saturated heterocycles. The summed E-state index contributed by atoms with van der Waals surface area (Å²) in [6.07, 6.45) is 2.68. The molecule has 33 heavy (non-hydrogen) atoms. The Hall–Kier alpha value is -3.12. The Bertz CT molecular complexity index is 1210. The van der Waals surface area contributed by atoms with Crippen molar-refractivity contribution in [3.05, 3.63) is 96.1 Å². The molecule has 2 unspecified atom stereocenters. The molecule has 3 aromatic carbocycles. The summed E-state index contributed by atoms with van der Waals surface area (Å²) < 4.78 is 32.2. The van der Waals surface area contributed by atoms with Gasteiger partial charge in [-0.15, -0.1) is 0 Å². The van der Waals surface area contributed by atoms with Crippen molar-refractivity contribution in [2.24, 2.45) is 0 Å². The summed E-state index contributed by atoms with van der Waals surface area (Å²) >= 11 is 0. The van der Waals surface area contributed by atoms with Crippen molar-refractivity contribution in [3.63, 3.8) is 0 Å². The van der Waals surface area contributed by atoms with E-state index in [0.717, 1.165) is 18.4 Å². The summed E-state index contributed by atoms with van der Waals surface area (Å²) in [5.74, 6) is 0.613. The number of carbonyl (C=O) groups is 1. The lowest BCUT2D eigenvalue weighted by molar-refractivity contribution is 0.0597. The van der Waals surface area contributed by atoms with Gasteiger partial charge in [0.15, 0.2) is 9.84 Å². The van der Waals surface area contributed by atoms with E-state index >= 15 is 0 Å². The number of fused-ring (bicyclic) bond motifs is 2. The number of sulfone groups is 1. The van der Waals surface area contributed by atoms with Gasteiger partial charge in [0.05, 0.1) is 10.1 Å². The molecule has 0 N–H and O–H groups in total. The first-order valence-electron chi connectivity index (χ1n) is 11.4. The van der Waals surface area contributed by atoms with E-state index < -0.39 is 15.1 Å². The molecule has 2 aliphatic heterocycles. The van der Waals surface area contributed by atoms with Gasteiger partial charge in [0, 0.05) is 17.6 Å². The van der Waals surface area contributed by atoms with Gasteiger partial charge in [0.25, 0.3) is 5.91 Å². The molecule has 2 fully saturated rings. The minimum absolute atomic E-state index is 0.0387. The molecule has 2 heterocycles. The maximum atomic E-state index is 13.4. The number of hydrogen-bond donors (Lipinski definition) is 0. The van der Waals surface area contributed by atoms with Crippen molar-refractivity contribution in [2.45, 2.75) is 54.5 Å². The molecule has 2 aliphatic rings. The predicted octanol–water partition coefficient (Wildman–Crippen LogP) is 4.88. The van der Waals surface area contributed by atoms with Gasteiger partial charge in [-0.25, -0.2) is 8.42 Å². The molecule has 0 aliphatic carbocycles. The Labute approximate surface area is 194 Å². The third-order valence-electron chi connectivity index (χ3n) is 6.76. The Kier molecular flexibility index (Phi) is 5.94. The molecule has 2 bridgehead atoms. The second-order valence-electron chi connectivity index (χ2n) is 8.85. The lowest BCUT2D eigenvalue weighted by Gasteiger charge is -2.38. The summed E-state index contributed by atoms with van der Waals surface area (Å²) in [6, 6.07) is 25.8. The van der Waals surface area contributed by atoms with Gasteiger partial charge in [0.2, 0.25) is 0 Å². The molecule has 6 heteroatoms. The average molecular weight is 462 g/mol. The standard InChI is InChI=1S/C27H27NO4S/c29-27(21-10-7-11-24(16-21)32-19-20-8-3-1-4-9-20)28-22-14-15-23(28)18-26(17-22)33(30,31)25-12-5-2-6-13-25/h1-13,16,22-23,26H,14-15,17-19H2. The van der Waals surface area contributed by atoms with Crippen LogP contribution in [0.2, 0.25) is 0 Å². The minimum Gasteiger partial charge on any atom is -0.489 e. The van der Waals surface area contributed by atoms with Crippen LogP contribution in [0.1, 0.15) is 41.6 Å². The van der Waals surface area contributed by atoms with E-state index in [4.69, 9.17) is 4.74 Å². The van der Waals surface area contributed by atoms with Crippen molar-refractivity contribution in [1.82, 2.24) is 4.90 Å². The quantitative estimate of drug-likeness (QED) is 0.525. The predicted molar refractivity (Wildman–Crippen MR) is 127 cm³/mol. The van der Waals surface area contributed by atoms with E-state index in [2.05, 4.69) is 0 Å². The van der Waals surface area contributed by atoms with Crippen LogP contribution in [0.3, 0.4) is 0 Å². The molecule has 170 valence electrons. The lowest BCUT2D eigenvalue weighted by Crippen LogP contribution is -2.49. The highest BCUT2D eigenvalue weighted by Crippen LogP contribution is 2.40. The fourth-order valence-electron chi connectivity index (χ4n) is 5.12. The van der Waals surface area contributed by atoms with Crippen LogP contribution >= 0.6 is 0 Å². The highest BCUT2D eigenvalue weighted by atomic mass is 32.2. The fourth-order valence-corrected chi connectivity index (χ4v) is 7.00. The number of rotatable bonds is 6. The topological polar surface area (TPSA) is 63.7 Å². The maximum absolute atomic E-state index is 13.4. The third kappa shape index (κ3) is 4.40. The van der Waals surface area contributed by atoms with Gasteiger partial charge in [-0.1, -0.05) is 54.6 Å². The molecule has 0 saturated carbocycles. The molecule has 5 nitrogen and oxygen atoms in total. The first-order chi connectivity index (χ1) is 16.0. The van der Waals surface area contributed by atoms with Crippen molar-refractivity contribution in [3.8, 4) is 5.75 Å². The van der Waals surface area contributed by atoms with Crippen molar-refractivity contribution >= 4 is 15.7 Å². The molecule has 3 aromatic rings. The van der Waals surface area contributed by atoms with Gasteiger partial charge < -0.3 is 9.64 Å². The highest BCUT2D eigenvalue weighted by molar-refractivity contribution is 7.92. The number of benzene rings is 3. The van der Waals surface area contributed by atoms with Gasteiger partial charge in [-0.05, 0) is 61.6 Å². The molecule has 2 atom stereocenters. The largest absolute Gasteiger partial charge is 0.489 e. The smallest absolute Gasteiger partial charge is 0.254 e. The number of ether oxygens (including phenoxy) is 1. The zero-order valence-corrected chi connectivity index (χ0v) is 19.2. The molecular formula is C27H27NO4S. The molecule has 5 rings (SSSR count). The SMILES string of the molecule is O=C(c1cccc(OCc2ccccc2)c1)N1C2CCC1CC(S(=O)(=O)c1ccccc1)C2. The molecular weight excluding hydrogens is 434 g/mol. The van der Waals surface area contributed by atoms with Crippen LogP contribution in [0, 0.1) is 0 Å². The third-order valence-corrected chi connectivity index (χ3v) is 8.96. The number of nitrogens with zero attached hydrogens (tertiary/aromatic N) is 1. The molecule has 0 aromatic heterocycles. The Balaban J connectivity index is 1.30. The summed E-state index contributed by atoms with van der Waals surface area (Å²) in [4.78, 5) is 15.7. The number of hydrogen-bond acceptors (Lipinski definition) is 4. The summed E-state index contributed by atoms with van der Waals surface area (Å²) in [7, 11) is -3.40. The number of amides is 1. The summed E-state index contributed by atoms with van der Waals surface area (Å²) in [5.41, 5.74) is 1.65. The molecule has 1 amide bonds. The number of carbonyl (C=O) groups excluding carboxylic acids is 1. The maximum Gasteiger partial charge on any atom is 0.254 e. The number of piperidine rings is 1. The normalized spacial score (nSPS) is 22.2. The first kappa shape index (κ1) is 21.7. The van der Waals surface area contributed by atoms with E-state index in [-0.39, 0.29) is 18.0 Å². The summed E-state index contributed by atoms with van der Waals surface area (Å²) in [6.45, 7) is 0.437. The van der Waals surface area contributed by atoms with Crippen LogP contribution < -0.4 is 4.74 Å². The fraction of sp³-hybridized carbons (Fsp3) is 0.296. The Morgan fingerprint density at radius 3 is 2.15 bits per heavy atom. The van der Waals surface area contributed by atoms with Crippen molar-refractivity contribution in [2.75, 3.05) is 0 Å². The monoisotopic (exact) mass is 461 g/mol. The van der Waals surface area contributed by atoms with Gasteiger partial charge in [-0.3, -0.25) is 4.79 Å². The van der Waals surface area contributed by atoms with E-state index in [0.29, 0.717) is 35.7 Å². The van der Waals surface area contributed by atoms with Crippen LogP contribution in [0.15, 0.2) is 89.8 Å². The Morgan fingerprint density at radius 2 is 1.48 bits per heavy atom. The lowest BCUT2D eigenvalue weighted by atomic mass is 10.0. The van der Waals surface area contributed by atoms with Crippen LogP contribution in [0.5, 0.6) is 5.75 Å². The second-order valence-corrected chi connectivity index (χ2v) is 11.1. The van der Waals surface area contributed by atoms with E-state index in [1.54, 1.807) is 30.3 Å². The second kappa shape index (κ2) is 9.02. The molecule has 0 radical (unpaired) electrons. The van der Waals surface area contributed by atoms with Gasteiger partial charge in [0.1, 0.15) is 12.4 Å². The van der Waals surface area contributed by atoms with Crippen molar-refractivity contribution < 1.29 is 17.9 Å². The van der Waals surface area contributed by atoms with Crippen LogP contribution in [-0.2, 0) is 16.4 Å². The first-order valence-corrected chi connectivity index (χ1v) is 13.0. The zero-order chi connectivity index (χ0) is 22.8. The highest BCUT2D eigenvalue weighted by Gasteiger charge is 2.47. The van der Waals surface area contributed by atoms with E-state index in [1.807, 2.05) is 59.5 Å². The van der Waals surface area contributed by atoms with Crippen molar-refractivity contribution in [1.29, 1.82) is 0 Å². The van der Waals surface area contributed by atoms with Gasteiger partial charge in [-0.2, -0.15) is 0 Å². The molecule has 0 spiro atoms.